The van der Waals surface area contributed by atoms with E-state index in [1.54, 1.807) is 0 Å². The second-order valence-corrected chi connectivity index (χ2v) is 7.72. The highest BCUT2D eigenvalue weighted by Crippen LogP contribution is 2.27. The van der Waals surface area contributed by atoms with Crippen LogP contribution in [0.2, 0.25) is 0 Å². The fourth-order valence-corrected chi connectivity index (χ4v) is 3.82. The van der Waals surface area contributed by atoms with Crippen molar-refractivity contribution in [3.05, 3.63) is 0 Å². The summed E-state index contributed by atoms with van der Waals surface area (Å²) < 4.78 is 0. The molecule has 4 nitrogen and oxygen atoms in total. The summed E-state index contributed by atoms with van der Waals surface area (Å²) in [6.45, 7) is 6.61. The highest BCUT2D eigenvalue weighted by molar-refractivity contribution is 7.99. The van der Waals surface area contributed by atoms with Crippen molar-refractivity contribution in [2.24, 2.45) is 5.41 Å². The lowest BCUT2D eigenvalue weighted by Gasteiger charge is -2.37. The Hall–Kier alpha value is -0.710. The number of rotatable bonds is 1. The van der Waals surface area contributed by atoms with Gasteiger partial charge < -0.3 is 10.2 Å². The van der Waals surface area contributed by atoms with Gasteiger partial charge >= 0.3 is 0 Å². The smallest absolute Gasteiger partial charge is 0.245 e. The molecule has 19 heavy (non-hydrogen) atoms. The lowest BCUT2D eigenvalue weighted by molar-refractivity contribution is -0.138. The van der Waals surface area contributed by atoms with Crippen molar-refractivity contribution in [1.82, 2.24) is 10.2 Å². The van der Waals surface area contributed by atoms with Gasteiger partial charge in [-0.15, -0.1) is 0 Å². The summed E-state index contributed by atoms with van der Waals surface area (Å²) in [6, 6.07) is -0.0663. The molecule has 0 aliphatic carbocycles. The van der Waals surface area contributed by atoms with E-state index in [4.69, 9.17) is 0 Å². The molecule has 2 rings (SSSR count). The molecule has 1 atom stereocenters. The first kappa shape index (κ1) is 14.7. The Kier molecular flexibility index (Phi) is 4.43. The van der Waals surface area contributed by atoms with Crippen LogP contribution in [0.3, 0.4) is 0 Å². The van der Waals surface area contributed by atoms with E-state index in [0.717, 1.165) is 24.3 Å². The zero-order chi connectivity index (χ0) is 14.0. The van der Waals surface area contributed by atoms with Crippen molar-refractivity contribution >= 4 is 23.6 Å². The second kappa shape index (κ2) is 5.73. The second-order valence-electron chi connectivity index (χ2n) is 6.49. The van der Waals surface area contributed by atoms with Gasteiger partial charge in [0, 0.05) is 19.0 Å². The van der Waals surface area contributed by atoms with Crippen LogP contribution in [0.25, 0.3) is 0 Å². The normalized spacial score (nSPS) is 27.1. The van der Waals surface area contributed by atoms with Gasteiger partial charge in [0.15, 0.2) is 0 Å². The monoisotopic (exact) mass is 284 g/mol. The van der Waals surface area contributed by atoms with Gasteiger partial charge in [-0.3, -0.25) is 9.59 Å². The van der Waals surface area contributed by atoms with Gasteiger partial charge in [-0.05, 0) is 29.8 Å². The maximum Gasteiger partial charge on any atom is 0.245 e. The van der Waals surface area contributed by atoms with Crippen molar-refractivity contribution in [2.75, 3.05) is 18.1 Å². The molecule has 2 amide bonds. The number of nitrogens with one attached hydrogen (secondary N) is 1. The minimum atomic E-state index is -0.392. The van der Waals surface area contributed by atoms with Gasteiger partial charge in [0.2, 0.25) is 11.8 Å². The van der Waals surface area contributed by atoms with Crippen LogP contribution >= 0.6 is 11.8 Å². The van der Waals surface area contributed by atoms with Crippen LogP contribution < -0.4 is 5.32 Å². The van der Waals surface area contributed by atoms with Crippen molar-refractivity contribution < 1.29 is 9.59 Å². The summed E-state index contributed by atoms with van der Waals surface area (Å²) in [4.78, 5) is 26.5. The van der Waals surface area contributed by atoms with Crippen LogP contribution in [0, 0.1) is 5.41 Å². The van der Waals surface area contributed by atoms with Gasteiger partial charge in [-0.1, -0.05) is 20.8 Å². The number of carbonyl (C=O) groups is 2. The average molecular weight is 284 g/mol. The maximum atomic E-state index is 12.7. The first-order valence-electron chi connectivity index (χ1n) is 7.07. The molecular weight excluding hydrogens is 260 g/mol. The molecule has 108 valence electrons. The molecule has 0 aromatic heterocycles. The highest BCUT2D eigenvalue weighted by atomic mass is 32.2. The SMILES string of the molecule is CC(C)(C)C1NC(=O)CCN(C2CCSCC2)C1=O. The number of hydrogen-bond donors (Lipinski definition) is 1. The van der Waals surface area contributed by atoms with Crippen LogP contribution in [0.1, 0.15) is 40.0 Å². The predicted octanol–water partition coefficient (Wildman–Crippen LogP) is 1.65. The van der Waals surface area contributed by atoms with Crippen LogP contribution in [-0.4, -0.2) is 46.8 Å². The lowest BCUT2D eigenvalue weighted by atomic mass is 9.85. The Labute approximate surface area is 119 Å². The summed E-state index contributed by atoms with van der Waals surface area (Å²) in [7, 11) is 0. The first-order chi connectivity index (χ1) is 8.89. The fourth-order valence-electron chi connectivity index (χ4n) is 2.74. The number of thioether (sulfide) groups is 1. The molecule has 5 heteroatoms. The van der Waals surface area contributed by atoms with E-state index in [9.17, 15) is 9.59 Å². The van der Waals surface area contributed by atoms with E-state index in [2.05, 4.69) is 5.32 Å². The summed E-state index contributed by atoms with van der Waals surface area (Å²) >= 11 is 1.96. The van der Waals surface area contributed by atoms with E-state index in [1.165, 1.54) is 0 Å². The Balaban J connectivity index is 2.18. The molecule has 2 heterocycles. The first-order valence-corrected chi connectivity index (χ1v) is 8.22. The molecule has 0 saturated carbocycles. The standard InChI is InChI=1S/C14H24N2O2S/c1-14(2,3)12-13(18)16(7-4-11(17)15-12)10-5-8-19-9-6-10/h10,12H,4-9H2,1-3H3,(H,15,17). The van der Waals surface area contributed by atoms with Gasteiger partial charge in [-0.2, -0.15) is 11.8 Å². The number of carbonyl (C=O) groups excluding carboxylic acids is 2. The topological polar surface area (TPSA) is 49.4 Å². The number of nitrogens with zero attached hydrogens (tertiary/aromatic N) is 1. The molecule has 0 bridgehead atoms. The molecular formula is C14H24N2O2S. The van der Waals surface area contributed by atoms with Gasteiger partial charge in [0.25, 0.3) is 0 Å². The Morgan fingerprint density at radius 2 is 1.84 bits per heavy atom. The molecule has 1 unspecified atom stereocenters. The largest absolute Gasteiger partial charge is 0.344 e. The average Bonchev–Trinajstić information content (AvgIpc) is 2.50. The third-order valence-electron chi connectivity index (χ3n) is 3.91. The fraction of sp³-hybridized carbons (Fsp3) is 0.857. The van der Waals surface area contributed by atoms with Crippen molar-refractivity contribution in [1.29, 1.82) is 0 Å². The number of hydrogen-bond acceptors (Lipinski definition) is 3. The quantitative estimate of drug-likeness (QED) is 0.796. The van der Waals surface area contributed by atoms with E-state index < -0.39 is 6.04 Å². The van der Waals surface area contributed by atoms with Crippen LogP contribution in [0.5, 0.6) is 0 Å². The minimum Gasteiger partial charge on any atom is -0.344 e. The van der Waals surface area contributed by atoms with E-state index >= 15 is 0 Å². The van der Waals surface area contributed by atoms with E-state index in [1.807, 2.05) is 37.4 Å². The molecule has 1 N–H and O–H groups in total. The Bertz CT molecular complexity index is 359. The van der Waals surface area contributed by atoms with Gasteiger partial charge in [-0.25, -0.2) is 0 Å². The number of amides is 2. The van der Waals surface area contributed by atoms with E-state index in [0.29, 0.717) is 19.0 Å². The molecule has 2 fully saturated rings. The third kappa shape index (κ3) is 3.44. The third-order valence-corrected chi connectivity index (χ3v) is 4.96. The highest BCUT2D eigenvalue weighted by Gasteiger charge is 2.40. The molecule has 0 aromatic rings. The molecule has 2 aliphatic rings. The van der Waals surface area contributed by atoms with Crippen molar-refractivity contribution in [2.45, 2.75) is 52.1 Å². The summed E-state index contributed by atoms with van der Waals surface area (Å²) in [5, 5.41) is 2.90. The van der Waals surface area contributed by atoms with Crippen LogP contribution in [0.15, 0.2) is 0 Å². The Morgan fingerprint density at radius 1 is 1.21 bits per heavy atom. The summed E-state index contributed by atoms with van der Waals surface area (Å²) in [6.07, 6.45) is 2.55. The predicted molar refractivity (Wildman–Crippen MR) is 78.1 cm³/mol. The van der Waals surface area contributed by atoms with Crippen LogP contribution in [-0.2, 0) is 9.59 Å². The van der Waals surface area contributed by atoms with Crippen molar-refractivity contribution in [3.8, 4) is 0 Å². The van der Waals surface area contributed by atoms with E-state index in [-0.39, 0.29) is 17.2 Å². The zero-order valence-corrected chi connectivity index (χ0v) is 12.9. The summed E-state index contributed by atoms with van der Waals surface area (Å²) in [5.74, 6) is 2.35. The summed E-state index contributed by atoms with van der Waals surface area (Å²) in [5.41, 5.74) is -0.237. The maximum absolute atomic E-state index is 12.7. The molecule has 2 saturated heterocycles. The lowest BCUT2D eigenvalue weighted by Crippen LogP contribution is -2.54. The molecule has 0 aromatic carbocycles. The Morgan fingerprint density at radius 3 is 2.42 bits per heavy atom. The molecule has 2 aliphatic heterocycles. The molecule has 0 radical (unpaired) electrons. The van der Waals surface area contributed by atoms with Crippen molar-refractivity contribution in [3.63, 3.8) is 0 Å². The molecule has 0 spiro atoms. The van der Waals surface area contributed by atoms with Gasteiger partial charge in [0.1, 0.15) is 6.04 Å². The van der Waals surface area contributed by atoms with Gasteiger partial charge in [0.05, 0.1) is 0 Å². The zero-order valence-electron chi connectivity index (χ0n) is 12.1. The van der Waals surface area contributed by atoms with Crippen LogP contribution in [0.4, 0.5) is 0 Å². The minimum absolute atomic E-state index is 0.000888.